The fourth-order valence-electron chi connectivity index (χ4n) is 0. The molecule has 0 bridgehead atoms. The van der Waals surface area contributed by atoms with Gasteiger partial charge in [-0.25, -0.2) is 0 Å². The van der Waals surface area contributed by atoms with E-state index in [4.69, 9.17) is 66.3 Å². The molecule has 0 saturated heterocycles. The topological polar surface area (TPSA) is 49.7 Å². The Bertz CT molecular complexity index is 75.9. The van der Waals surface area contributed by atoms with Crippen molar-refractivity contribution in [2.45, 2.75) is 0 Å². The molecule has 0 aromatic heterocycles. The molecule has 0 aliphatic heterocycles. The number of hydrogen-bond donors (Lipinski definition) is 1. The van der Waals surface area contributed by atoms with Gasteiger partial charge in [-0.15, -0.1) is 4.91 Å². The Morgan fingerprint density at radius 2 is 1.11 bits per heavy atom. The van der Waals surface area contributed by atoms with E-state index in [0.717, 1.165) is 0 Å². The summed E-state index contributed by atoms with van der Waals surface area (Å²) >= 11 is 24.9. The molecule has 0 rings (SSSR count). The monoisotopic (exact) mass is 253 g/mol. The second-order valence-electron chi connectivity index (χ2n) is 0.721. The molecule has 58 valence electrons. The fourth-order valence-corrected chi connectivity index (χ4v) is 0. The fraction of sp³-hybridized carbons (Fsp3) is 0. The van der Waals surface area contributed by atoms with Gasteiger partial charge in [0, 0.05) is 0 Å². The first kappa shape index (κ1) is 12.9. The van der Waals surface area contributed by atoms with Crippen molar-refractivity contribution in [3.8, 4) is 0 Å². The molecule has 1 N–H and O–H groups in total. The molecule has 0 heterocycles. The molecule has 0 spiro atoms. The van der Waals surface area contributed by atoms with Crippen molar-refractivity contribution in [1.29, 1.82) is 0 Å². The van der Waals surface area contributed by atoms with Gasteiger partial charge in [0.1, 0.15) is 0 Å². The molecule has 0 aliphatic rings. The number of nitrogens with zero attached hydrogens (tertiary/aromatic N) is 1. The van der Waals surface area contributed by atoms with Crippen molar-refractivity contribution in [2.75, 3.05) is 0 Å². The third-order valence-corrected chi connectivity index (χ3v) is 0. The quantitative estimate of drug-likeness (QED) is 0.395. The zero-order valence-corrected chi connectivity index (χ0v) is 8.31. The van der Waals surface area contributed by atoms with Crippen LogP contribution in [0.2, 0.25) is 0 Å². The molecule has 0 aromatic rings. The van der Waals surface area contributed by atoms with Gasteiger partial charge in [0.25, 0.3) is 0 Å². The molecule has 0 aromatic carbocycles. The van der Waals surface area contributed by atoms with Crippen LogP contribution < -0.4 is 0 Å². The second-order valence-corrected chi connectivity index (χ2v) is 17.3. The largest absolute Gasteiger partial charge is 0.379 e. The summed E-state index contributed by atoms with van der Waals surface area (Å²) in [6, 6.07) is 0. The van der Waals surface area contributed by atoms with Crippen LogP contribution in [0.4, 0.5) is 0 Å². The van der Waals surface area contributed by atoms with E-state index in [1.165, 1.54) is 5.34 Å². The average Bonchev–Trinajstić information content (AvgIpc) is 1.23. The van der Waals surface area contributed by atoms with Gasteiger partial charge in [0.05, 0.1) is 0 Å². The zero-order chi connectivity index (χ0) is 8.15. The van der Waals surface area contributed by atoms with Crippen LogP contribution in [0.25, 0.3) is 0 Å². The number of hydrogen-bond acceptors (Lipinski definition) is 2. The molecular weight excluding hydrogens is 254 g/mol. The summed E-state index contributed by atoms with van der Waals surface area (Å²) in [5, 5.41) is 7.89. The molecular formula is HCl5NO2P. The van der Waals surface area contributed by atoms with Crippen molar-refractivity contribution in [3.05, 3.63) is 4.91 Å². The minimum absolute atomic E-state index is 1.25. The minimum atomic E-state index is -3.69. The summed E-state index contributed by atoms with van der Waals surface area (Å²) < 4.78 is -3.69. The van der Waals surface area contributed by atoms with Gasteiger partial charge < -0.3 is 5.21 Å². The van der Waals surface area contributed by atoms with Crippen LogP contribution in [0.1, 0.15) is 0 Å². The average molecular weight is 255 g/mol. The Morgan fingerprint density at radius 1 is 1.11 bits per heavy atom. The van der Waals surface area contributed by atoms with E-state index in [2.05, 4.69) is 0 Å². The van der Waals surface area contributed by atoms with Crippen molar-refractivity contribution < 1.29 is 5.21 Å². The van der Waals surface area contributed by atoms with Crippen molar-refractivity contribution in [2.24, 2.45) is 5.34 Å². The SMILES string of the molecule is ClP(Cl)(Cl)(Cl)Cl.O=NO. The van der Waals surface area contributed by atoms with Crippen molar-refractivity contribution in [3.63, 3.8) is 0 Å². The molecule has 0 aliphatic carbocycles. The summed E-state index contributed by atoms with van der Waals surface area (Å²) in [7, 11) is 0. The summed E-state index contributed by atoms with van der Waals surface area (Å²) in [5.74, 6) is 0. The van der Waals surface area contributed by atoms with Crippen molar-refractivity contribution in [1.82, 2.24) is 0 Å². The van der Waals surface area contributed by atoms with Gasteiger partial charge in [-0.1, -0.05) is 0 Å². The van der Waals surface area contributed by atoms with E-state index < -0.39 is 3.37 Å². The van der Waals surface area contributed by atoms with Gasteiger partial charge in [0.15, 0.2) is 5.34 Å². The number of halogens is 5. The van der Waals surface area contributed by atoms with Gasteiger partial charge in [-0.3, -0.25) is 0 Å². The number of rotatable bonds is 0. The van der Waals surface area contributed by atoms with Gasteiger partial charge in [0.2, 0.25) is 0 Å². The first-order valence-electron chi connectivity index (χ1n) is 1.23. The predicted molar refractivity (Wildman–Crippen MR) is 43.8 cm³/mol. The Kier molecular flexibility index (Phi) is 6.05. The van der Waals surface area contributed by atoms with Gasteiger partial charge in [-0.05, 0) is 0 Å². The Balaban J connectivity index is 0. The van der Waals surface area contributed by atoms with Crippen LogP contribution in [0.5, 0.6) is 0 Å². The molecule has 0 saturated carbocycles. The molecule has 0 amide bonds. The Hall–Kier alpha value is 1.28. The standard InChI is InChI=1S/Cl5P.HNO2/c1-6(2,3,4)5;2-1-3/h;(H,2,3). The Morgan fingerprint density at radius 3 is 1.11 bits per heavy atom. The van der Waals surface area contributed by atoms with E-state index in [1.54, 1.807) is 0 Å². The molecule has 0 atom stereocenters. The van der Waals surface area contributed by atoms with Crippen LogP contribution in [0.15, 0.2) is 5.34 Å². The maximum atomic E-state index is 8.11. The normalized spacial score (nSPS) is 14.1. The summed E-state index contributed by atoms with van der Waals surface area (Å²) in [4.78, 5) is 8.11. The summed E-state index contributed by atoms with van der Waals surface area (Å²) in [6.07, 6.45) is 0. The van der Waals surface area contributed by atoms with E-state index in [1.807, 2.05) is 0 Å². The third-order valence-electron chi connectivity index (χ3n) is 0. The Labute approximate surface area is 75.0 Å². The van der Waals surface area contributed by atoms with E-state index in [0.29, 0.717) is 0 Å². The van der Waals surface area contributed by atoms with E-state index in [-0.39, 0.29) is 0 Å². The maximum Gasteiger partial charge on any atom is 0.152 e. The van der Waals surface area contributed by atoms with Crippen LogP contribution >= 0.6 is 59.6 Å². The first-order chi connectivity index (χ1) is 3.65. The van der Waals surface area contributed by atoms with Crippen LogP contribution in [-0.2, 0) is 0 Å². The van der Waals surface area contributed by atoms with Crippen molar-refractivity contribution >= 4 is 59.6 Å². The van der Waals surface area contributed by atoms with E-state index >= 15 is 0 Å². The van der Waals surface area contributed by atoms with Gasteiger partial charge in [-0.2, -0.15) is 0 Å². The van der Waals surface area contributed by atoms with E-state index in [9.17, 15) is 0 Å². The molecule has 9 heavy (non-hydrogen) atoms. The molecule has 0 unspecified atom stereocenters. The summed E-state index contributed by atoms with van der Waals surface area (Å²) in [5.41, 5.74) is 0. The maximum absolute atomic E-state index is 8.11. The smallest absolute Gasteiger partial charge is 0.152 e. The first-order valence-corrected chi connectivity index (χ1v) is 7.99. The zero-order valence-electron chi connectivity index (χ0n) is 3.64. The molecule has 0 radical (unpaired) electrons. The molecule has 3 nitrogen and oxygen atoms in total. The van der Waals surface area contributed by atoms with Crippen LogP contribution in [-0.4, -0.2) is 5.21 Å². The summed E-state index contributed by atoms with van der Waals surface area (Å²) in [6.45, 7) is 0. The van der Waals surface area contributed by atoms with Gasteiger partial charge >= 0.3 is 59.6 Å². The van der Waals surface area contributed by atoms with Crippen LogP contribution in [0.3, 0.4) is 0 Å². The third kappa shape index (κ3) is 300. The molecule has 0 fully saturated rings. The minimum Gasteiger partial charge on any atom is -0.379 e. The molecule has 9 heteroatoms. The predicted octanol–water partition coefficient (Wildman–Crippen LogP) is 4.45. The van der Waals surface area contributed by atoms with Crippen LogP contribution in [0, 0.1) is 4.91 Å². The second kappa shape index (κ2) is 4.22.